The minimum atomic E-state index is -4.90. The smallest absolute Gasteiger partial charge is 0.410 e. The van der Waals surface area contributed by atoms with E-state index in [9.17, 15) is 23.9 Å². The van der Waals surface area contributed by atoms with E-state index in [0.717, 1.165) is 16.2 Å². The van der Waals surface area contributed by atoms with Crippen LogP contribution in [0.25, 0.3) is 21.5 Å². The Balaban J connectivity index is 1.52. The highest BCUT2D eigenvalue weighted by Crippen LogP contribution is 2.54. The van der Waals surface area contributed by atoms with Gasteiger partial charge in [-0.3, -0.25) is 14.7 Å². The molecule has 0 radical (unpaired) electrons. The van der Waals surface area contributed by atoms with Crippen molar-refractivity contribution in [3.63, 3.8) is 0 Å². The number of rotatable bonds is 7. The highest BCUT2D eigenvalue weighted by Gasteiger charge is 2.38. The molecule has 5 aromatic rings. The number of benzene rings is 5. The molecule has 7 nitrogen and oxygen atoms in total. The van der Waals surface area contributed by atoms with Crippen molar-refractivity contribution in [2.75, 3.05) is 5.32 Å². The third kappa shape index (κ3) is 5.50. The Morgan fingerprint density at radius 1 is 0.763 bits per heavy atom. The molecule has 0 aliphatic rings. The van der Waals surface area contributed by atoms with E-state index in [1.807, 2.05) is 48.5 Å². The van der Waals surface area contributed by atoms with Gasteiger partial charge in [0.1, 0.15) is 11.4 Å². The molecule has 1 unspecified atom stereocenters. The van der Waals surface area contributed by atoms with Crippen molar-refractivity contribution in [3.05, 3.63) is 120 Å². The Kier molecular flexibility index (Phi) is 7.07. The topological polar surface area (TPSA) is 113 Å². The summed E-state index contributed by atoms with van der Waals surface area (Å²) in [6.07, 6.45) is -1.10. The lowest BCUT2D eigenvalue weighted by atomic mass is 9.96. The largest absolute Gasteiger partial charge is 0.417 e. The summed E-state index contributed by atoms with van der Waals surface area (Å²) in [5, 5.41) is 5.58. The van der Waals surface area contributed by atoms with Gasteiger partial charge in [0.2, 0.25) is 0 Å². The first-order chi connectivity index (χ1) is 18.3. The summed E-state index contributed by atoms with van der Waals surface area (Å²) in [5.74, 6) is -0.550. The molecule has 5 aromatic carbocycles. The van der Waals surface area contributed by atoms with Gasteiger partial charge in [0.05, 0.1) is 0 Å². The molecule has 38 heavy (non-hydrogen) atoms. The maximum atomic E-state index is 13.6. The highest BCUT2D eigenvalue weighted by molar-refractivity contribution is 7.53. The van der Waals surface area contributed by atoms with E-state index >= 15 is 0 Å². The number of hydrogen-bond acceptors (Lipinski definition) is 4. The molecule has 5 rings (SSSR count). The molecule has 0 bridgehead atoms. The van der Waals surface area contributed by atoms with E-state index in [2.05, 4.69) is 5.32 Å². The van der Waals surface area contributed by atoms with Crippen LogP contribution in [0.4, 0.5) is 10.5 Å². The summed E-state index contributed by atoms with van der Waals surface area (Å²) in [7, 11) is -4.90. The SMILES string of the molecule is O=C(Nc1ccccc1)Oc1cc2ccccc2cc1CC(=O)C(c1cccc2ccccc12)P(=O)(O)O. The number of fused-ring (bicyclic) bond motifs is 2. The van der Waals surface area contributed by atoms with Crippen molar-refractivity contribution < 1.29 is 28.7 Å². The monoisotopic (exact) mass is 525 g/mol. The van der Waals surface area contributed by atoms with E-state index in [4.69, 9.17) is 4.74 Å². The molecule has 0 fully saturated rings. The van der Waals surface area contributed by atoms with Gasteiger partial charge in [-0.25, -0.2) is 4.79 Å². The lowest BCUT2D eigenvalue weighted by Crippen LogP contribution is -2.19. The minimum absolute atomic E-state index is 0.132. The third-order valence-corrected chi connectivity index (χ3v) is 7.51. The van der Waals surface area contributed by atoms with Crippen LogP contribution in [0.1, 0.15) is 16.8 Å². The lowest BCUT2D eigenvalue weighted by molar-refractivity contribution is -0.118. The molecule has 0 heterocycles. The van der Waals surface area contributed by atoms with Crippen molar-refractivity contribution in [1.82, 2.24) is 0 Å². The number of nitrogens with one attached hydrogen (secondary N) is 1. The summed E-state index contributed by atoms with van der Waals surface area (Å²) in [6.45, 7) is 0. The van der Waals surface area contributed by atoms with Gasteiger partial charge < -0.3 is 14.5 Å². The molecular weight excluding hydrogens is 501 g/mol. The Bertz CT molecular complexity index is 1690. The van der Waals surface area contributed by atoms with Crippen LogP contribution in [-0.2, 0) is 15.8 Å². The van der Waals surface area contributed by atoms with Crippen LogP contribution in [0.5, 0.6) is 5.75 Å². The third-order valence-electron chi connectivity index (χ3n) is 6.28. The molecule has 0 saturated heterocycles. The molecule has 190 valence electrons. The molecule has 3 N–H and O–H groups in total. The number of para-hydroxylation sites is 1. The number of hydrogen-bond donors (Lipinski definition) is 3. The number of ether oxygens (including phenoxy) is 1. The van der Waals surface area contributed by atoms with Crippen LogP contribution in [0.15, 0.2) is 109 Å². The first-order valence-corrected chi connectivity index (χ1v) is 13.6. The standard InChI is InChI=1S/C30H24NO6P/c32-27(29(38(34,35)36)26-16-8-12-20-9-6-7-15-25(20)26)18-23-17-21-10-4-5-11-22(21)19-28(23)37-30(33)31-24-13-2-1-3-14-24/h1-17,19,29H,18H2,(H,31,33)(H2,34,35,36). The van der Waals surface area contributed by atoms with Crippen LogP contribution < -0.4 is 10.1 Å². The van der Waals surface area contributed by atoms with Crippen molar-refractivity contribution in [2.24, 2.45) is 0 Å². The van der Waals surface area contributed by atoms with Crippen LogP contribution in [-0.4, -0.2) is 21.7 Å². The normalized spacial score (nSPS) is 12.3. The maximum absolute atomic E-state index is 13.6. The van der Waals surface area contributed by atoms with E-state index in [0.29, 0.717) is 16.6 Å². The fraction of sp³-hybridized carbons (Fsp3) is 0.0667. The van der Waals surface area contributed by atoms with Gasteiger partial charge in [0.25, 0.3) is 0 Å². The predicted molar refractivity (Wildman–Crippen MR) is 147 cm³/mol. The molecule has 0 aliphatic heterocycles. The molecule has 0 spiro atoms. The van der Waals surface area contributed by atoms with Crippen molar-refractivity contribution in [3.8, 4) is 5.75 Å². The molecular formula is C30H24NO6P. The van der Waals surface area contributed by atoms with Gasteiger partial charge in [-0.05, 0) is 51.4 Å². The predicted octanol–water partition coefficient (Wildman–Crippen LogP) is 6.63. The zero-order valence-corrected chi connectivity index (χ0v) is 21.0. The average molecular weight is 525 g/mol. The maximum Gasteiger partial charge on any atom is 0.417 e. The van der Waals surface area contributed by atoms with E-state index < -0.39 is 25.1 Å². The summed E-state index contributed by atoms with van der Waals surface area (Å²) in [6, 6.07) is 31.7. The summed E-state index contributed by atoms with van der Waals surface area (Å²) in [4.78, 5) is 46.9. The zero-order chi connectivity index (χ0) is 26.7. The van der Waals surface area contributed by atoms with Gasteiger partial charge in [-0.1, -0.05) is 84.9 Å². The molecule has 0 aromatic heterocycles. The van der Waals surface area contributed by atoms with Crippen molar-refractivity contribution in [2.45, 2.75) is 12.1 Å². The zero-order valence-electron chi connectivity index (χ0n) is 20.2. The highest BCUT2D eigenvalue weighted by atomic mass is 31.2. The van der Waals surface area contributed by atoms with Crippen LogP contribution in [0, 0.1) is 0 Å². The second kappa shape index (κ2) is 10.6. The van der Waals surface area contributed by atoms with Gasteiger partial charge in [-0.15, -0.1) is 0 Å². The second-order valence-electron chi connectivity index (χ2n) is 8.89. The first-order valence-electron chi connectivity index (χ1n) is 11.9. The summed E-state index contributed by atoms with van der Waals surface area (Å²) in [5.41, 5.74) is -0.540. The first kappa shape index (κ1) is 25.4. The van der Waals surface area contributed by atoms with E-state index in [1.165, 1.54) is 0 Å². The second-order valence-corrected chi connectivity index (χ2v) is 10.6. The van der Waals surface area contributed by atoms with Gasteiger partial charge in [0.15, 0.2) is 5.78 Å². The van der Waals surface area contributed by atoms with E-state index in [1.54, 1.807) is 60.7 Å². The Hall–Kier alpha value is -4.29. The number of ketones is 1. The van der Waals surface area contributed by atoms with Gasteiger partial charge >= 0.3 is 13.7 Å². The number of carbonyl (C=O) groups is 2. The quantitative estimate of drug-likeness (QED) is 0.206. The molecule has 0 aliphatic carbocycles. The van der Waals surface area contributed by atoms with E-state index in [-0.39, 0.29) is 17.7 Å². The fourth-order valence-electron chi connectivity index (χ4n) is 4.58. The Labute approximate surface area is 218 Å². The van der Waals surface area contributed by atoms with Crippen LogP contribution in [0.3, 0.4) is 0 Å². The molecule has 1 amide bonds. The number of anilines is 1. The molecule has 8 heteroatoms. The van der Waals surface area contributed by atoms with Crippen LogP contribution in [0.2, 0.25) is 0 Å². The average Bonchev–Trinajstić information content (AvgIpc) is 2.89. The number of Topliss-reactive ketones (excluding diaryl/α,β-unsaturated/α-hetero) is 1. The molecule has 1 atom stereocenters. The minimum Gasteiger partial charge on any atom is -0.410 e. The van der Waals surface area contributed by atoms with Crippen LogP contribution >= 0.6 is 7.60 Å². The Morgan fingerprint density at radius 3 is 2.08 bits per heavy atom. The lowest BCUT2D eigenvalue weighted by Gasteiger charge is -2.20. The van der Waals surface area contributed by atoms with Gasteiger partial charge in [-0.2, -0.15) is 0 Å². The fourth-order valence-corrected chi connectivity index (χ4v) is 5.63. The molecule has 0 saturated carbocycles. The van der Waals surface area contributed by atoms with Gasteiger partial charge in [0, 0.05) is 17.7 Å². The van der Waals surface area contributed by atoms with Crippen molar-refractivity contribution in [1.29, 1.82) is 0 Å². The number of carbonyl (C=O) groups excluding carboxylic acids is 2. The summed E-state index contributed by atoms with van der Waals surface area (Å²) < 4.78 is 18.3. The summed E-state index contributed by atoms with van der Waals surface area (Å²) >= 11 is 0. The van der Waals surface area contributed by atoms with Crippen molar-refractivity contribution >= 4 is 46.7 Å². The number of amides is 1. The Morgan fingerprint density at radius 2 is 1.37 bits per heavy atom.